The van der Waals surface area contributed by atoms with Gasteiger partial charge in [-0.05, 0) is 49.2 Å². The molecule has 0 spiro atoms. The number of benzene rings is 2. The van der Waals surface area contributed by atoms with Gasteiger partial charge in [0.05, 0.1) is 18.1 Å². The molecule has 1 aliphatic carbocycles. The van der Waals surface area contributed by atoms with Crippen LogP contribution in [0.5, 0.6) is 5.75 Å². The highest BCUT2D eigenvalue weighted by molar-refractivity contribution is 5.91. The van der Waals surface area contributed by atoms with Gasteiger partial charge in [-0.15, -0.1) is 0 Å². The van der Waals surface area contributed by atoms with Crippen molar-refractivity contribution in [2.24, 2.45) is 5.92 Å². The zero-order chi connectivity index (χ0) is 22.3. The highest BCUT2D eigenvalue weighted by atomic mass is 16.5. The van der Waals surface area contributed by atoms with Crippen molar-refractivity contribution in [3.05, 3.63) is 54.4 Å². The van der Waals surface area contributed by atoms with Crippen LogP contribution >= 0.6 is 0 Å². The summed E-state index contributed by atoms with van der Waals surface area (Å²) in [4.78, 5) is 29.9. The van der Waals surface area contributed by atoms with Crippen molar-refractivity contribution in [2.45, 2.75) is 45.1 Å². The van der Waals surface area contributed by atoms with E-state index >= 15 is 0 Å². The third-order valence-electron chi connectivity index (χ3n) is 6.03. The van der Waals surface area contributed by atoms with Gasteiger partial charge in [-0.3, -0.25) is 9.59 Å². The molecule has 2 amide bonds. The van der Waals surface area contributed by atoms with Crippen molar-refractivity contribution in [1.29, 1.82) is 0 Å². The van der Waals surface area contributed by atoms with E-state index < -0.39 is 0 Å². The van der Waals surface area contributed by atoms with Crippen molar-refractivity contribution in [3.63, 3.8) is 0 Å². The summed E-state index contributed by atoms with van der Waals surface area (Å²) in [6.07, 6.45) is 6.04. The Kier molecular flexibility index (Phi) is 7.04. The van der Waals surface area contributed by atoms with E-state index in [9.17, 15) is 9.59 Å². The largest absolute Gasteiger partial charge is 0.497 e. The quantitative estimate of drug-likeness (QED) is 0.563. The molecule has 2 N–H and O–H groups in total. The number of anilines is 1. The third kappa shape index (κ3) is 5.28. The van der Waals surface area contributed by atoms with E-state index in [-0.39, 0.29) is 24.3 Å². The van der Waals surface area contributed by atoms with Crippen LogP contribution in [0.2, 0.25) is 0 Å². The Balaban J connectivity index is 1.42. The molecule has 1 aliphatic rings. The van der Waals surface area contributed by atoms with Crippen LogP contribution in [0, 0.1) is 5.92 Å². The second-order valence-corrected chi connectivity index (χ2v) is 8.26. The van der Waals surface area contributed by atoms with E-state index in [2.05, 4.69) is 10.6 Å². The molecule has 168 valence electrons. The summed E-state index contributed by atoms with van der Waals surface area (Å²) in [6, 6.07) is 15.0. The molecule has 3 aromatic rings. The normalized spacial score (nSPS) is 14.3. The molecule has 4 rings (SSSR count). The number of ether oxygens (including phenoxy) is 1. The highest BCUT2D eigenvalue weighted by Gasteiger charge is 2.21. The second kappa shape index (κ2) is 10.3. The number of imidazole rings is 1. The van der Waals surface area contributed by atoms with Gasteiger partial charge in [-0.2, -0.15) is 0 Å². The van der Waals surface area contributed by atoms with Crippen LogP contribution < -0.4 is 15.4 Å². The topological polar surface area (TPSA) is 85.2 Å². The summed E-state index contributed by atoms with van der Waals surface area (Å²) in [5, 5.41) is 6.00. The first-order valence-electron chi connectivity index (χ1n) is 11.3. The molecular weight excluding hydrogens is 404 g/mol. The number of carbonyl (C=O) groups excluding carboxylic acids is 2. The lowest BCUT2D eigenvalue weighted by Crippen LogP contribution is -2.33. The monoisotopic (exact) mass is 434 g/mol. The summed E-state index contributed by atoms with van der Waals surface area (Å²) in [5.41, 5.74) is 2.46. The van der Waals surface area contributed by atoms with Crippen molar-refractivity contribution < 1.29 is 14.3 Å². The fourth-order valence-electron chi connectivity index (χ4n) is 4.32. The van der Waals surface area contributed by atoms with Gasteiger partial charge >= 0.3 is 0 Å². The van der Waals surface area contributed by atoms with E-state index in [0.29, 0.717) is 18.7 Å². The summed E-state index contributed by atoms with van der Waals surface area (Å²) < 4.78 is 7.09. The number of methoxy groups -OCH3 is 1. The number of nitrogens with one attached hydrogen (secondary N) is 2. The molecule has 1 fully saturated rings. The number of nitrogens with zero attached hydrogens (tertiary/aromatic N) is 2. The average Bonchev–Trinajstić information content (AvgIpc) is 3.17. The molecule has 2 aromatic carbocycles. The fraction of sp³-hybridized carbons (Fsp3) is 0.400. The maximum atomic E-state index is 12.8. The summed E-state index contributed by atoms with van der Waals surface area (Å²) in [6.45, 7) is 0.664. The maximum Gasteiger partial charge on any atom is 0.244 e. The van der Waals surface area contributed by atoms with E-state index in [1.54, 1.807) is 7.11 Å². The Morgan fingerprint density at radius 3 is 2.56 bits per heavy atom. The van der Waals surface area contributed by atoms with Gasteiger partial charge in [0, 0.05) is 24.6 Å². The average molecular weight is 435 g/mol. The molecular formula is C25H30N4O3. The number of amides is 2. The van der Waals surface area contributed by atoms with Gasteiger partial charge in [-0.1, -0.05) is 31.4 Å². The van der Waals surface area contributed by atoms with E-state index in [1.165, 1.54) is 6.42 Å². The minimum Gasteiger partial charge on any atom is -0.497 e. The predicted octanol–water partition coefficient (Wildman–Crippen LogP) is 3.92. The lowest BCUT2D eigenvalue weighted by Gasteiger charge is -2.20. The van der Waals surface area contributed by atoms with Crippen molar-refractivity contribution in [1.82, 2.24) is 14.9 Å². The van der Waals surface area contributed by atoms with Gasteiger partial charge in [0.1, 0.15) is 18.1 Å². The number of carbonyl (C=O) groups is 2. The van der Waals surface area contributed by atoms with Crippen LogP contribution in [-0.4, -0.2) is 35.0 Å². The van der Waals surface area contributed by atoms with Gasteiger partial charge in [0.25, 0.3) is 0 Å². The maximum absolute atomic E-state index is 12.8. The van der Waals surface area contributed by atoms with Crippen molar-refractivity contribution in [2.75, 3.05) is 19.0 Å². The van der Waals surface area contributed by atoms with Gasteiger partial charge in [-0.25, -0.2) is 4.98 Å². The highest BCUT2D eigenvalue weighted by Crippen LogP contribution is 2.23. The minimum absolute atomic E-state index is 0.134. The number of fused-ring (bicyclic) bond motifs is 1. The smallest absolute Gasteiger partial charge is 0.244 e. The van der Waals surface area contributed by atoms with Crippen LogP contribution in [0.25, 0.3) is 11.0 Å². The van der Waals surface area contributed by atoms with Crippen LogP contribution in [0.1, 0.15) is 37.9 Å². The standard InChI is InChI=1S/C25H30N4O3/c1-32-20-13-11-19(12-14-20)27-24(30)17-29-22-10-6-5-9-21(22)28-23(29)15-16-26-25(31)18-7-3-2-4-8-18/h5-6,9-14,18H,2-4,7-8,15-17H2,1H3,(H,26,31)(H,27,30). The lowest BCUT2D eigenvalue weighted by molar-refractivity contribution is -0.125. The fourth-order valence-corrected chi connectivity index (χ4v) is 4.32. The Labute approximate surface area is 188 Å². The van der Waals surface area contributed by atoms with Crippen LogP contribution in [0.3, 0.4) is 0 Å². The van der Waals surface area contributed by atoms with Gasteiger partial charge < -0.3 is 19.9 Å². The molecule has 0 unspecified atom stereocenters. The van der Waals surface area contributed by atoms with Crippen molar-refractivity contribution >= 4 is 28.5 Å². The Morgan fingerprint density at radius 2 is 1.81 bits per heavy atom. The number of aromatic nitrogens is 2. The lowest BCUT2D eigenvalue weighted by atomic mass is 9.89. The molecule has 0 saturated heterocycles. The molecule has 7 heteroatoms. The minimum atomic E-state index is -0.134. The van der Waals surface area contributed by atoms with Gasteiger partial charge in [0.2, 0.25) is 11.8 Å². The molecule has 1 heterocycles. The first-order chi connectivity index (χ1) is 15.6. The predicted molar refractivity (Wildman–Crippen MR) is 125 cm³/mol. The SMILES string of the molecule is COc1ccc(NC(=O)Cn2c(CCNC(=O)C3CCCCC3)nc3ccccc32)cc1. The van der Waals surface area contributed by atoms with Crippen molar-refractivity contribution in [3.8, 4) is 5.75 Å². The molecule has 32 heavy (non-hydrogen) atoms. The Hall–Kier alpha value is -3.35. The zero-order valence-electron chi connectivity index (χ0n) is 18.5. The third-order valence-corrected chi connectivity index (χ3v) is 6.03. The van der Waals surface area contributed by atoms with E-state index in [0.717, 1.165) is 48.3 Å². The number of para-hydroxylation sites is 2. The first-order valence-corrected chi connectivity index (χ1v) is 11.3. The summed E-state index contributed by atoms with van der Waals surface area (Å²) in [7, 11) is 1.61. The zero-order valence-corrected chi connectivity index (χ0v) is 18.5. The molecule has 0 aliphatic heterocycles. The molecule has 0 atom stereocenters. The number of hydrogen-bond acceptors (Lipinski definition) is 4. The summed E-state index contributed by atoms with van der Waals surface area (Å²) in [5.74, 6) is 1.68. The molecule has 0 radical (unpaired) electrons. The second-order valence-electron chi connectivity index (χ2n) is 8.26. The van der Waals surface area contributed by atoms with Crippen LogP contribution in [-0.2, 0) is 22.6 Å². The van der Waals surface area contributed by atoms with E-state index in [1.807, 2.05) is 53.1 Å². The molecule has 7 nitrogen and oxygen atoms in total. The molecule has 0 bridgehead atoms. The Morgan fingerprint density at radius 1 is 1.06 bits per heavy atom. The van der Waals surface area contributed by atoms with E-state index in [4.69, 9.17) is 9.72 Å². The Bertz CT molecular complexity index is 1070. The first kappa shape index (κ1) is 21.9. The van der Waals surface area contributed by atoms with Gasteiger partial charge in [0.15, 0.2) is 0 Å². The van der Waals surface area contributed by atoms with Crippen LogP contribution in [0.15, 0.2) is 48.5 Å². The number of rotatable bonds is 8. The molecule has 1 saturated carbocycles. The summed E-state index contributed by atoms with van der Waals surface area (Å²) >= 11 is 0. The number of hydrogen-bond donors (Lipinski definition) is 2. The molecule has 1 aromatic heterocycles. The van der Waals surface area contributed by atoms with Crippen LogP contribution in [0.4, 0.5) is 5.69 Å².